The molecule has 1 aliphatic rings. The van der Waals surface area contributed by atoms with Crippen molar-refractivity contribution in [1.82, 2.24) is 4.57 Å². The Balaban J connectivity index is 2.13. The molecule has 70 valence electrons. The van der Waals surface area contributed by atoms with Crippen LogP contribution in [0.3, 0.4) is 0 Å². The van der Waals surface area contributed by atoms with Gasteiger partial charge in [-0.15, -0.1) is 0 Å². The van der Waals surface area contributed by atoms with Gasteiger partial charge in [-0.3, -0.25) is 4.79 Å². The molecule has 3 nitrogen and oxygen atoms in total. The first kappa shape index (κ1) is 8.35. The number of nitrogens with zero attached hydrogens (tertiary/aromatic N) is 1. The van der Waals surface area contributed by atoms with Crippen LogP contribution in [0, 0.1) is 11.8 Å². The van der Waals surface area contributed by atoms with E-state index in [1.807, 2.05) is 10.8 Å². The second-order valence-electron chi connectivity index (χ2n) is 3.93. The summed E-state index contributed by atoms with van der Waals surface area (Å²) in [6.07, 6.45) is 4.84. The monoisotopic (exact) mass is 178 g/mol. The van der Waals surface area contributed by atoms with Gasteiger partial charge in [-0.25, -0.2) is 0 Å². The number of pyridine rings is 1. The minimum absolute atomic E-state index is 0.0832. The smallest absolute Gasteiger partial charge is 0.204 e. The van der Waals surface area contributed by atoms with Crippen LogP contribution in [0.25, 0.3) is 0 Å². The standard InChI is InChI=1S/C10H14N2O/c1-7-4-8(7)5-12-3-2-10(13)9(11)6-12/h2-3,6-8H,4-5,11H2,1H3. The number of hydrogen-bond acceptors (Lipinski definition) is 2. The van der Waals surface area contributed by atoms with E-state index in [2.05, 4.69) is 6.92 Å². The van der Waals surface area contributed by atoms with Crippen molar-refractivity contribution in [3.8, 4) is 0 Å². The van der Waals surface area contributed by atoms with Gasteiger partial charge in [0.1, 0.15) is 0 Å². The molecule has 2 N–H and O–H groups in total. The summed E-state index contributed by atoms with van der Waals surface area (Å²) in [6, 6.07) is 1.53. The van der Waals surface area contributed by atoms with Gasteiger partial charge in [-0.2, -0.15) is 0 Å². The maximum Gasteiger partial charge on any atom is 0.204 e. The first-order valence-electron chi connectivity index (χ1n) is 4.62. The maximum atomic E-state index is 11.0. The zero-order valence-corrected chi connectivity index (χ0v) is 7.73. The predicted octanol–water partition coefficient (Wildman–Crippen LogP) is 1.09. The van der Waals surface area contributed by atoms with Crippen molar-refractivity contribution in [2.24, 2.45) is 11.8 Å². The van der Waals surface area contributed by atoms with E-state index >= 15 is 0 Å². The molecule has 0 bridgehead atoms. The van der Waals surface area contributed by atoms with Gasteiger partial charge in [0.2, 0.25) is 5.43 Å². The average Bonchev–Trinajstić information content (AvgIpc) is 2.75. The highest BCUT2D eigenvalue weighted by Crippen LogP contribution is 2.38. The van der Waals surface area contributed by atoms with Gasteiger partial charge in [0.05, 0.1) is 5.69 Å². The molecule has 0 radical (unpaired) electrons. The van der Waals surface area contributed by atoms with Gasteiger partial charge in [-0.1, -0.05) is 6.92 Å². The molecular formula is C10H14N2O. The molecule has 0 aromatic carbocycles. The zero-order valence-electron chi connectivity index (χ0n) is 7.73. The molecule has 1 aliphatic carbocycles. The van der Waals surface area contributed by atoms with Gasteiger partial charge < -0.3 is 10.3 Å². The van der Waals surface area contributed by atoms with Crippen molar-refractivity contribution < 1.29 is 0 Å². The van der Waals surface area contributed by atoms with Crippen molar-refractivity contribution in [2.75, 3.05) is 5.73 Å². The fourth-order valence-corrected chi connectivity index (χ4v) is 1.58. The van der Waals surface area contributed by atoms with Crippen molar-refractivity contribution in [1.29, 1.82) is 0 Å². The zero-order chi connectivity index (χ0) is 9.42. The summed E-state index contributed by atoms with van der Waals surface area (Å²) in [5.41, 5.74) is 5.78. The summed E-state index contributed by atoms with van der Waals surface area (Å²) in [5.74, 6) is 1.61. The quantitative estimate of drug-likeness (QED) is 0.736. The number of nitrogens with two attached hydrogens (primary N) is 1. The SMILES string of the molecule is CC1CC1Cn1ccc(=O)c(N)c1. The normalized spacial score (nSPS) is 25.9. The third-order valence-corrected chi connectivity index (χ3v) is 2.73. The summed E-state index contributed by atoms with van der Waals surface area (Å²) in [4.78, 5) is 11.0. The number of aromatic nitrogens is 1. The molecule has 0 amide bonds. The molecule has 1 fully saturated rings. The highest BCUT2D eigenvalue weighted by Gasteiger charge is 2.32. The molecule has 1 saturated carbocycles. The van der Waals surface area contributed by atoms with E-state index in [1.54, 1.807) is 6.20 Å². The molecule has 0 saturated heterocycles. The summed E-state index contributed by atoms with van der Waals surface area (Å²) >= 11 is 0. The summed E-state index contributed by atoms with van der Waals surface area (Å²) in [5, 5.41) is 0. The summed E-state index contributed by atoms with van der Waals surface area (Å²) < 4.78 is 2.00. The molecule has 1 aromatic heterocycles. The second-order valence-corrected chi connectivity index (χ2v) is 3.93. The van der Waals surface area contributed by atoms with Gasteiger partial charge in [0, 0.05) is 25.0 Å². The van der Waals surface area contributed by atoms with Crippen LogP contribution < -0.4 is 11.2 Å². The molecule has 0 aliphatic heterocycles. The molecule has 2 rings (SSSR count). The van der Waals surface area contributed by atoms with E-state index in [4.69, 9.17) is 5.73 Å². The molecule has 1 aromatic rings. The van der Waals surface area contributed by atoms with Gasteiger partial charge in [0.15, 0.2) is 0 Å². The lowest BCUT2D eigenvalue weighted by molar-refractivity contribution is 0.591. The van der Waals surface area contributed by atoms with Gasteiger partial charge in [-0.05, 0) is 18.3 Å². The Kier molecular flexibility index (Phi) is 1.87. The van der Waals surface area contributed by atoms with Gasteiger partial charge in [0.25, 0.3) is 0 Å². The molecule has 1 heterocycles. The summed E-state index contributed by atoms with van der Waals surface area (Å²) in [7, 11) is 0. The van der Waals surface area contributed by atoms with Crippen LogP contribution in [-0.2, 0) is 6.54 Å². The topological polar surface area (TPSA) is 48.0 Å². The highest BCUT2D eigenvalue weighted by atomic mass is 16.1. The fourth-order valence-electron chi connectivity index (χ4n) is 1.58. The fraction of sp³-hybridized carbons (Fsp3) is 0.500. The Morgan fingerprint density at radius 2 is 2.38 bits per heavy atom. The molecule has 3 heteroatoms. The molecule has 2 atom stereocenters. The van der Waals surface area contributed by atoms with Crippen LogP contribution in [0.4, 0.5) is 5.69 Å². The van der Waals surface area contributed by atoms with Crippen LogP contribution in [0.5, 0.6) is 0 Å². The van der Waals surface area contributed by atoms with E-state index in [9.17, 15) is 4.79 Å². The second kappa shape index (κ2) is 2.91. The molecule has 13 heavy (non-hydrogen) atoms. The van der Waals surface area contributed by atoms with E-state index < -0.39 is 0 Å². The Hall–Kier alpha value is -1.25. The Bertz CT molecular complexity index is 369. The maximum absolute atomic E-state index is 11.0. The number of hydrogen-bond donors (Lipinski definition) is 1. The lowest BCUT2D eigenvalue weighted by Gasteiger charge is -2.05. The Labute approximate surface area is 77.2 Å². The Morgan fingerprint density at radius 1 is 1.69 bits per heavy atom. The third kappa shape index (κ3) is 1.74. The lowest BCUT2D eigenvalue weighted by atomic mass is 10.3. The first-order valence-corrected chi connectivity index (χ1v) is 4.62. The minimum Gasteiger partial charge on any atom is -0.394 e. The van der Waals surface area contributed by atoms with Crippen molar-refractivity contribution in [2.45, 2.75) is 19.9 Å². The summed E-state index contributed by atoms with van der Waals surface area (Å²) in [6.45, 7) is 3.24. The van der Waals surface area contributed by atoms with Crippen LogP contribution in [0.15, 0.2) is 23.3 Å². The highest BCUT2D eigenvalue weighted by molar-refractivity contribution is 5.33. The van der Waals surface area contributed by atoms with E-state index in [0.717, 1.165) is 18.4 Å². The lowest BCUT2D eigenvalue weighted by Crippen LogP contribution is -2.11. The largest absolute Gasteiger partial charge is 0.394 e. The first-order chi connectivity index (χ1) is 6.16. The van der Waals surface area contributed by atoms with E-state index in [-0.39, 0.29) is 5.43 Å². The number of nitrogen functional groups attached to an aromatic ring is 1. The minimum atomic E-state index is -0.0832. The van der Waals surface area contributed by atoms with Crippen LogP contribution in [0.2, 0.25) is 0 Å². The predicted molar refractivity (Wildman–Crippen MR) is 52.4 cm³/mol. The number of rotatable bonds is 2. The van der Waals surface area contributed by atoms with E-state index in [1.165, 1.54) is 12.5 Å². The van der Waals surface area contributed by atoms with Crippen molar-refractivity contribution >= 4 is 5.69 Å². The Morgan fingerprint density at radius 3 is 2.92 bits per heavy atom. The molecule has 2 unspecified atom stereocenters. The van der Waals surface area contributed by atoms with Crippen LogP contribution in [0.1, 0.15) is 13.3 Å². The van der Waals surface area contributed by atoms with Crippen molar-refractivity contribution in [3.05, 3.63) is 28.7 Å². The molecular weight excluding hydrogens is 164 g/mol. The average molecular weight is 178 g/mol. The third-order valence-electron chi connectivity index (χ3n) is 2.73. The van der Waals surface area contributed by atoms with E-state index in [0.29, 0.717) is 5.69 Å². The molecule has 0 spiro atoms. The van der Waals surface area contributed by atoms with Gasteiger partial charge >= 0.3 is 0 Å². The van der Waals surface area contributed by atoms with Crippen LogP contribution >= 0.6 is 0 Å². The van der Waals surface area contributed by atoms with Crippen molar-refractivity contribution in [3.63, 3.8) is 0 Å². The number of anilines is 1. The van der Waals surface area contributed by atoms with Crippen LogP contribution in [-0.4, -0.2) is 4.57 Å².